The smallest absolute Gasteiger partial charge is 0.315 e. The minimum Gasteiger partial charge on any atom is -0.492 e. The fourth-order valence-electron chi connectivity index (χ4n) is 6.15. The van der Waals surface area contributed by atoms with Crippen molar-refractivity contribution in [1.29, 1.82) is 0 Å². The molecule has 0 spiro atoms. The summed E-state index contributed by atoms with van der Waals surface area (Å²) in [5.74, 6) is 3.23. The average molecular weight is 414 g/mol. The molecular formula is C24H35N3O3. The van der Waals surface area contributed by atoms with Crippen molar-refractivity contribution in [3.63, 3.8) is 0 Å². The second kappa shape index (κ2) is 8.86. The van der Waals surface area contributed by atoms with Crippen LogP contribution >= 0.6 is 0 Å². The number of aryl methyl sites for hydroxylation is 1. The molecular weight excluding hydrogens is 378 g/mol. The van der Waals surface area contributed by atoms with Crippen LogP contribution in [0.5, 0.6) is 5.75 Å². The Morgan fingerprint density at radius 1 is 1.13 bits per heavy atom. The van der Waals surface area contributed by atoms with Gasteiger partial charge in [0, 0.05) is 25.6 Å². The molecule has 0 aromatic heterocycles. The number of hydrogen-bond acceptors (Lipinski definition) is 3. The Balaban J connectivity index is 1.13. The summed E-state index contributed by atoms with van der Waals surface area (Å²) in [6.45, 7) is 3.35. The van der Waals surface area contributed by atoms with Crippen molar-refractivity contribution in [3.8, 4) is 5.75 Å². The third-order valence-corrected chi connectivity index (χ3v) is 7.15. The zero-order valence-electron chi connectivity index (χ0n) is 18.3. The first-order valence-electron chi connectivity index (χ1n) is 11.4. The Morgan fingerprint density at radius 2 is 1.80 bits per heavy atom. The lowest BCUT2D eigenvalue weighted by molar-refractivity contribution is -0.130. The molecule has 4 fully saturated rings. The minimum atomic E-state index is -0.116. The fourth-order valence-corrected chi connectivity index (χ4v) is 6.15. The highest BCUT2D eigenvalue weighted by molar-refractivity contribution is 5.78. The summed E-state index contributed by atoms with van der Waals surface area (Å²) in [7, 11) is 1.78. The number of carbonyl (C=O) groups excluding carboxylic acids is 2. The van der Waals surface area contributed by atoms with E-state index < -0.39 is 0 Å². The van der Waals surface area contributed by atoms with Crippen molar-refractivity contribution in [2.45, 2.75) is 57.4 Å². The summed E-state index contributed by atoms with van der Waals surface area (Å²) in [4.78, 5) is 26.5. The summed E-state index contributed by atoms with van der Waals surface area (Å²) in [6.07, 6.45) is 7.78. The van der Waals surface area contributed by atoms with E-state index >= 15 is 0 Å². The van der Waals surface area contributed by atoms with Gasteiger partial charge in [-0.05, 0) is 80.9 Å². The Hall–Kier alpha value is -2.24. The van der Waals surface area contributed by atoms with Gasteiger partial charge in [-0.2, -0.15) is 0 Å². The van der Waals surface area contributed by atoms with Gasteiger partial charge in [0.1, 0.15) is 12.4 Å². The molecule has 1 aromatic rings. The Labute approximate surface area is 179 Å². The number of amides is 3. The van der Waals surface area contributed by atoms with E-state index in [1.807, 2.05) is 31.2 Å². The lowest BCUT2D eigenvalue weighted by Gasteiger charge is -2.56. The highest BCUT2D eigenvalue weighted by Gasteiger charge is 2.51. The summed E-state index contributed by atoms with van der Waals surface area (Å²) < 4.78 is 5.71. The monoisotopic (exact) mass is 413 g/mol. The quantitative estimate of drug-likeness (QED) is 0.685. The maximum atomic E-state index is 12.5. The predicted molar refractivity (Wildman–Crippen MR) is 116 cm³/mol. The normalized spacial score (nSPS) is 28.8. The molecule has 0 heterocycles. The average Bonchev–Trinajstić information content (AvgIpc) is 2.66. The minimum absolute atomic E-state index is 0.00671. The molecule has 2 N–H and O–H groups in total. The van der Waals surface area contributed by atoms with E-state index in [0.717, 1.165) is 48.3 Å². The molecule has 4 saturated carbocycles. The first-order chi connectivity index (χ1) is 14.4. The number of nitrogens with zero attached hydrogens (tertiary/aromatic N) is 1. The molecule has 5 rings (SSSR count). The SMILES string of the molecule is Cc1cccc(OCCN(C)C(=O)CCNC(=O)NC23CC4CC(CC(C4)C2)C3)c1. The van der Waals surface area contributed by atoms with E-state index in [4.69, 9.17) is 4.74 Å². The van der Waals surface area contributed by atoms with Crippen molar-refractivity contribution in [2.24, 2.45) is 17.8 Å². The van der Waals surface area contributed by atoms with Crippen molar-refractivity contribution in [1.82, 2.24) is 15.5 Å². The Bertz CT molecular complexity index is 743. The molecule has 1 aromatic carbocycles. The highest BCUT2D eigenvalue weighted by Crippen LogP contribution is 2.55. The Kier molecular flexibility index (Phi) is 6.21. The number of hydrogen-bond donors (Lipinski definition) is 2. The van der Waals surface area contributed by atoms with E-state index in [1.54, 1.807) is 11.9 Å². The van der Waals surface area contributed by atoms with Crippen LogP contribution in [0.2, 0.25) is 0 Å². The fraction of sp³-hybridized carbons (Fsp3) is 0.667. The van der Waals surface area contributed by atoms with Crippen LogP contribution in [0.1, 0.15) is 50.5 Å². The van der Waals surface area contributed by atoms with Gasteiger partial charge in [-0.3, -0.25) is 4.79 Å². The number of nitrogens with one attached hydrogen (secondary N) is 2. The molecule has 4 bridgehead atoms. The maximum Gasteiger partial charge on any atom is 0.315 e. The van der Waals surface area contributed by atoms with Crippen LogP contribution in [0, 0.1) is 24.7 Å². The van der Waals surface area contributed by atoms with E-state index in [0.29, 0.717) is 26.1 Å². The van der Waals surface area contributed by atoms with E-state index in [-0.39, 0.29) is 17.5 Å². The van der Waals surface area contributed by atoms with Crippen LogP contribution in [0.15, 0.2) is 24.3 Å². The molecule has 0 radical (unpaired) electrons. The van der Waals surface area contributed by atoms with Gasteiger partial charge in [0.15, 0.2) is 0 Å². The van der Waals surface area contributed by atoms with Gasteiger partial charge in [0.05, 0.1) is 6.54 Å². The topological polar surface area (TPSA) is 70.7 Å². The number of urea groups is 1. The van der Waals surface area contributed by atoms with E-state index in [9.17, 15) is 9.59 Å². The van der Waals surface area contributed by atoms with Gasteiger partial charge < -0.3 is 20.3 Å². The van der Waals surface area contributed by atoms with E-state index in [2.05, 4.69) is 10.6 Å². The molecule has 0 saturated heterocycles. The largest absolute Gasteiger partial charge is 0.492 e. The first kappa shape index (κ1) is 21.0. The van der Waals surface area contributed by atoms with E-state index in [1.165, 1.54) is 19.3 Å². The molecule has 4 aliphatic rings. The molecule has 0 aliphatic heterocycles. The first-order valence-corrected chi connectivity index (χ1v) is 11.4. The predicted octanol–water partition coefficient (Wildman–Crippen LogP) is 3.49. The number of likely N-dealkylation sites (N-methyl/N-ethyl adjacent to an activating group) is 1. The number of benzene rings is 1. The van der Waals surface area contributed by atoms with Crippen molar-refractivity contribution in [3.05, 3.63) is 29.8 Å². The summed E-state index contributed by atoms with van der Waals surface area (Å²) in [5, 5.41) is 6.19. The molecule has 30 heavy (non-hydrogen) atoms. The zero-order valence-corrected chi connectivity index (χ0v) is 18.3. The van der Waals surface area contributed by atoms with Crippen LogP contribution < -0.4 is 15.4 Å². The molecule has 0 unspecified atom stereocenters. The summed E-state index contributed by atoms with van der Waals surface area (Å²) in [5.41, 5.74) is 1.15. The number of ether oxygens (including phenoxy) is 1. The van der Waals surface area contributed by atoms with Crippen LogP contribution in [-0.2, 0) is 4.79 Å². The maximum absolute atomic E-state index is 12.5. The second-order valence-electron chi connectivity index (χ2n) is 9.81. The zero-order chi connectivity index (χ0) is 21.1. The molecule has 0 atom stereocenters. The lowest BCUT2D eigenvalue weighted by atomic mass is 9.53. The van der Waals surface area contributed by atoms with Gasteiger partial charge in [-0.25, -0.2) is 4.79 Å². The standard InChI is InChI=1S/C24H35N3O3/c1-17-4-3-5-21(10-17)30-9-8-27(2)22(28)6-7-25-23(29)26-24-14-18-11-19(15-24)13-20(12-18)16-24/h3-5,10,18-20H,6-9,11-16H2,1-2H3,(H2,25,26,29). The summed E-state index contributed by atoms with van der Waals surface area (Å²) >= 11 is 0. The van der Waals surface area contributed by atoms with Gasteiger partial charge in [-0.1, -0.05) is 12.1 Å². The molecule has 3 amide bonds. The highest BCUT2D eigenvalue weighted by atomic mass is 16.5. The molecule has 6 nitrogen and oxygen atoms in total. The van der Waals surface area contributed by atoms with Gasteiger partial charge >= 0.3 is 6.03 Å². The van der Waals surface area contributed by atoms with Crippen molar-refractivity contribution in [2.75, 3.05) is 26.7 Å². The van der Waals surface area contributed by atoms with Gasteiger partial charge in [-0.15, -0.1) is 0 Å². The van der Waals surface area contributed by atoms with Crippen LogP contribution in [-0.4, -0.2) is 49.1 Å². The molecule has 164 valence electrons. The summed E-state index contributed by atoms with van der Waals surface area (Å²) in [6, 6.07) is 7.76. The Morgan fingerprint density at radius 3 is 2.43 bits per heavy atom. The third-order valence-electron chi connectivity index (χ3n) is 7.15. The van der Waals surface area contributed by atoms with Crippen molar-refractivity contribution >= 4 is 11.9 Å². The number of carbonyl (C=O) groups is 2. The van der Waals surface area contributed by atoms with Crippen LogP contribution in [0.3, 0.4) is 0 Å². The lowest BCUT2D eigenvalue weighted by Crippen LogP contribution is -2.61. The van der Waals surface area contributed by atoms with Crippen molar-refractivity contribution < 1.29 is 14.3 Å². The van der Waals surface area contributed by atoms with Crippen LogP contribution in [0.4, 0.5) is 4.79 Å². The molecule has 6 heteroatoms. The van der Waals surface area contributed by atoms with Gasteiger partial charge in [0.25, 0.3) is 0 Å². The van der Waals surface area contributed by atoms with Gasteiger partial charge in [0.2, 0.25) is 5.91 Å². The van der Waals surface area contributed by atoms with Crippen LogP contribution in [0.25, 0.3) is 0 Å². The second-order valence-corrected chi connectivity index (χ2v) is 9.81. The third kappa shape index (κ3) is 5.08. The molecule has 4 aliphatic carbocycles. The number of rotatable bonds is 8.